The summed E-state index contributed by atoms with van der Waals surface area (Å²) in [4.78, 5) is 2.17. The van der Waals surface area contributed by atoms with E-state index in [1.807, 2.05) is 18.2 Å². The molecule has 1 aromatic carbocycles. The first kappa shape index (κ1) is 10.7. The monoisotopic (exact) mass is 226 g/mol. The Bertz CT molecular complexity index is 336. The molecular formula is C11H15ClN2O. The maximum absolute atomic E-state index is 9.41. The molecule has 0 radical (unpaired) electrons. The molecule has 0 saturated carbocycles. The topological polar surface area (TPSA) is 49.5 Å². The van der Waals surface area contributed by atoms with Gasteiger partial charge in [-0.25, -0.2) is 0 Å². The lowest BCUT2D eigenvalue weighted by Gasteiger charge is -2.17. The second kappa shape index (κ2) is 4.39. The largest absolute Gasteiger partial charge is 0.398 e. The zero-order valence-corrected chi connectivity index (χ0v) is 9.24. The second-order valence-electron chi connectivity index (χ2n) is 3.99. The van der Waals surface area contributed by atoms with Crippen LogP contribution in [-0.2, 0) is 6.54 Å². The van der Waals surface area contributed by atoms with Gasteiger partial charge in [-0.2, -0.15) is 0 Å². The van der Waals surface area contributed by atoms with Crippen LogP contribution in [0.1, 0.15) is 12.0 Å². The van der Waals surface area contributed by atoms with Crippen LogP contribution in [0.5, 0.6) is 0 Å². The standard InChI is InChI=1S/C11H15ClN2O/c12-10-2-1-3-11(13)9(10)7-14-5-4-8(15)6-14/h1-3,8,15H,4-7,13H2. The third kappa shape index (κ3) is 2.43. The molecule has 0 spiro atoms. The van der Waals surface area contributed by atoms with Gasteiger partial charge in [-0.3, -0.25) is 4.90 Å². The third-order valence-electron chi connectivity index (χ3n) is 2.78. The van der Waals surface area contributed by atoms with Crippen LogP contribution in [0.25, 0.3) is 0 Å². The van der Waals surface area contributed by atoms with Gasteiger partial charge in [-0.15, -0.1) is 0 Å². The van der Waals surface area contributed by atoms with Crippen LogP contribution < -0.4 is 5.73 Å². The fraction of sp³-hybridized carbons (Fsp3) is 0.455. The Morgan fingerprint density at radius 2 is 2.33 bits per heavy atom. The van der Waals surface area contributed by atoms with Gasteiger partial charge < -0.3 is 10.8 Å². The number of hydrogen-bond donors (Lipinski definition) is 2. The Balaban J connectivity index is 2.10. The van der Waals surface area contributed by atoms with Gasteiger partial charge in [0, 0.05) is 35.9 Å². The molecule has 0 aliphatic carbocycles. The predicted molar refractivity (Wildman–Crippen MR) is 61.8 cm³/mol. The number of nitrogens with two attached hydrogens (primary N) is 1. The maximum Gasteiger partial charge on any atom is 0.0679 e. The summed E-state index contributed by atoms with van der Waals surface area (Å²) < 4.78 is 0. The molecule has 4 heteroatoms. The molecule has 0 bridgehead atoms. The van der Waals surface area contributed by atoms with Crippen LogP contribution in [-0.4, -0.2) is 29.2 Å². The molecule has 82 valence electrons. The van der Waals surface area contributed by atoms with E-state index in [2.05, 4.69) is 4.90 Å². The summed E-state index contributed by atoms with van der Waals surface area (Å²) in [5, 5.41) is 10.1. The molecule has 0 amide bonds. The molecule has 2 rings (SSSR count). The van der Waals surface area contributed by atoms with E-state index in [9.17, 15) is 5.11 Å². The van der Waals surface area contributed by atoms with Gasteiger partial charge in [-0.1, -0.05) is 17.7 Å². The number of aliphatic hydroxyl groups excluding tert-OH is 1. The molecular weight excluding hydrogens is 212 g/mol. The minimum Gasteiger partial charge on any atom is -0.398 e. The number of likely N-dealkylation sites (tertiary alicyclic amines) is 1. The molecule has 3 N–H and O–H groups in total. The van der Waals surface area contributed by atoms with E-state index in [-0.39, 0.29) is 6.10 Å². The lowest BCUT2D eigenvalue weighted by atomic mass is 10.1. The minimum absolute atomic E-state index is 0.200. The third-order valence-corrected chi connectivity index (χ3v) is 3.14. The van der Waals surface area contributed by atoms with Crippen LogP contribution in [0.15, 0.2) is 18.2 Å². The van der Waals surface area contributed by atoms with Crippen molar-refractivity contribution in [3.05, 3.63) is 28.8 Å². The van der Waals surface area contributed by atoms with Gasteiger partial charge in [0.05, 0.1) is 6.10 Å². The summed E-state index contributed by atoms with van der Waals surface area (Å²) in [5.74, 6) is 0. The number of aliphatic hydroxyl groups is 1. The Kier molecular flexibility index (Phi) is 3.14. The van der Waals surface area contributed by atoms with E-state index >= 15 is 0 Å². The first-order valence-corrected chi connectivity index (χ1v) is 5.48. The molecule has 15 heavy (non-hydrogen) atoms. The first-order valence-electron chi connectivity index (χ1n) is 5.10. The number of nitrogens with zero attached hydrogens (tertiary/aromatic N) is 1. The van der Waals surface area contributed by atoms with Crippen LogP contribution in [0.4, 0.5) is 5.69 Å². The van der Waals surface area contributed by atoms with Crippen LogP contribution >= 0.6 is 11.6 Å². The number of anilines is 1. The number of hydrogen-bond acceptors (Lipinski definition) is 3. The number of β-amino-alcohol motifs (C(OH)–C–C–N with tert-alkyl or cyclic N) is 1. The Labute approximate surface area is 94.4 Å². The summed E-state index contributed by atoms with van der Waals surface area (Å²) in [6.45, 7) is 2.35. The quantitative estimate of drug-likeness (QED) is 0.752. The van der Waals surface area contributed by atoms with Crippen molar-refractivity contribution in [3.8, 4) is 0 Å². The number of benzene rings is 1. The minimum atomic E-state index is -0.200. The molecule has 1 atom stereocenters. The van der Waals surface area contributed by atoms with Crippen molar-refractivity contribution in [2.24, 2.45) is 0 Å². The highest BCUT2D eigenvalue weighted by atomic mass is 35.5. The lowest BCUT2D eigenvalue weighted by Crippen LogP contribution is -2.22. The van der Waals surface area contributed by atoms with Crippen molar-refractivity contribution in [2.45, 2.75) is 19.1 Å². The maximum atomic E-state index is 9.41. The molecule has 1 aromatic rings. The molecule has 1 heterocycles. The first-order chi connectivity index (χ1) is 7.16. The molecule has 0 aromatic heterocycles. The Hall–Kier alpha value is -0.770. The summed E-state index contributed by atoms with van der Waals surface area (Å²) in [6.07, 6.45) is 0.637. The van der Waals surface area contributed by atoms with E-state index in [1.54, 1.807) is 0 Å². The van der Waals surface area contributed by atoms with Gasteiger partial charge in [0.15, 0.2) is 0 Å². The van der Waals surface area contributed by atoms with Gasteiger partial charge in [-0.05, 0) is 18.6 Å². The highest BCUT2D eigenvalue weighted by molar-refractivity contribution is 6.31. The fourth-order valence-electron chi connectivity index (χ4n) is 1.92. The van der Waals surface area contributed by atoms with Crippen LogP contribution in [0.2, 0.25) is 5.02 Å². The van der Waals surface area contributed by atoms with E-state index in [4.69, 9.17) is 17.3 Å². The lowest BCUT2D eigenvalue weighted by molar-refractivity contribution is 0.175. The van der Waals surface area contributed by atoms with Crippen molar-refractivity contribution in [1.29, 1.82) is 0 Å². The van der Waals surface area contributed by atoms with Gasteiger partial charge in [0.2, 0.25) is 0 Å². The smallest absolute Gasteiger partial charge is 0.0679 e. The molecule has 3 nitrogen and oxygen atoms in total. The van der Waals surface area contributed by atoms with E-state index < -0.39 is 0 Å². The number of nitrogen functional groups attached to an aromatic ring is 1. The summed E-state index contributed by atoms with van der Waals surface area (Å²) in [7, 11) is 0. The van der Waals surface area contributed by atoms with Crippen molar-refractivity contribution < 1.29 is 5.11 Å². The zero-order valence-electron chi connectivity index (χ0n) is 8.49. The molecule has 1 aliphatic rings. The van der Waals surface area contributed by atoms with Crippen molar-refractivity contribution in [3.63, 3.8) is 0 Å². The van der Waals surface area contributed by atoms with Gasteiger partial charge in [0.1, 0.15) is 0 Å². The average Bonchev–Trinajstić information content (AvgIpc) is 2.58. The fourth-order valence-corrected chi connectivity index (χ4v) is 2.16. The summed E-state index contributed by atoms with van der Waals surface area (Å²) in [6, 6.07) is 5.55. The Morgan fingerprint density at radius 3 is 2.93 bits per heavy atom. The van der Waals surface area contributed by atoms with Crippen LogP contribution in [0, 0.1) is 0 Å². The molecule has 1 aliphatic heterocycles. The SMILES string of the molecule is Nc1cccc(Cl)c1CN1CCC(O)C1. The van der Waals surface area contributed by atoms with Gasteiger partial charge in [0.25, 0.3) is 0 Å². The van der Waals surface area contributed by atoms with Crippen molar-refractivity contribution in [1.82, 2.24) is 4.90 Å². The van der Waals surface area contributed by atoms with Crippen LogP contribution in [0.3, 0.4) is 0 Å². The Morgan fingerprint density at radius 1 is 1.53 bits per heavy atom. The van der Waals surface area contributed by atoms with E-state index in [0.717, 1.165) is 30.8 Å². The van der Waals surface area contributed by atoms with E-state index in [0.29, 0.717) is 11.6 Å². The zero-order chi connectivity index (χ0) is 10.8. The molecule has 1 fully saturated rings. The normalized spacial score (nSPS) is 22.1. The average molecular weight is 227 g/mol. The number of halogens is 1. The molecule has 1 saturated heterocycles. The number of rotatable bonds is 2. The van der Waals surface area contributed by atoms with Crippen molar-refractivity contribution >= 4 is 17.3 Å². The summed E-state index contributed by atoms with van der Waals surface area (Å²) in [5.41, 5.74) is 7.55. The van der Waals surface area contributed by atoms with E-state index in [1.165, 1.54) is 0 Å². The summed E-state index contributed by atoms with van der Waals surface area (Å²) >= 11 is 6.08. The highest BCUT2D eigenvalue weighted by Gasteiger charge is 2.21. The van der Waals surface area contributed by atoms with Crippen molar-refractivity contribution in [2.75, 3.05) is 18.8 Å². The van der Waals surface area contributed by atoms with Gasteiger partial charge >= 0.3 is 0 Å². The molecule has 1 unspecified atom stereocenters. The second-order valence-corrected chi connectivity index (χ2v) is 4.39. The highest BCUT2D eigenvalue weighted by Crippen LogP contribution is 2.25. The predicted octanol–water partition coefficient (Wildman–Crippen LogP) is 1.49.